The van der Waals surface area contributed by atoms with Crippen molar-refractivity contribution < 1.29 is 23.9 Å². The van der Waals surface area contributed by atoms with Crippen molar-refractivity contribution in [1.82, 2.24) is 0 Å². The van der Waals surface area contributed by atoms with E-state index in [1.54, 1.807) is 12.1 Å². The monoisotopic (exact) mass is 451 g/mol. The number of benzene rings is 2. The van der Waals surface area contributed by atoms with Gasteiger partial charge in [0.05, 0.1) is 16.9 Å². The Morgan fingerprint density at radius 1 is 1.03 bits per heavy atom. The summed E-state index contributed by atoms with van der Waals surface area (Å²) in [6.07, 6.45) is 6.42. The van der Waals surface area contributed by atoms with Crippen molar-refractivity contribution in [1.29, 1.82) is 0 Å². The fourth-order valence-electron chi connectivity index (χ4n) is 4.39. The van der Waals surface area contributed by atoms with Gasteiger partial charge in [0.15, 0.2) is 6.61 Å². The van der Waals surface area contributed by atoms with Crippen molar-refractivity contribution in [3.8, 4) is 11.5 Å². The Kier molecular flexibility index (Phi) is 6.73. The molecule has 6 nitrogen and oxygen atoms in total. The van der Waals surface area contributed by atoms with Crippen LogP contribution in [0.4, 0.5) is 5.69 Å². The van der Waals surface area contributed by atoms with Crippen molar-refractivity contribution in [3.63, 3.8) is 0 Å². The van der Waals surface area contributed by atoms with Crippen molar-refractivity contribution in [2.24, 2.45) is 0 Å². The molecule has 0 unspecified atom stereocenters. The van der Waals surface area contributed by atoms with Crippen LogP contribution in [0.15, 0.2) is 42.5 Å². The van der Waals surface area contributed by atoms with Crippen molar-refractivity contribution >= 4 is 24.2 Å². The first-order chi connectivity index (χ1) is 15.6. The van der Waals surface area contributed by atoms with Crippen molar-refractivity contribution in [3.05, 3.63) is 48.0 Å². The minimum Gasteiger partial charge on any atom is -0.506 e. The molecule has 7 heteroatoms. The number of hydrogen-bond acceptors (Lipinski definition) is 5. The van der Waals surface area contributed by atoms with Gasteiger partial charge in [-0.2, -0.15) is 0 Å². The molecule has 0 aromatic heterocycles. The molecule has 2 fully saturated rings. The summed E-state index contributed by atoms with van der Waals surface area (Å²) in [6, 6.07) is 13.0. The van der Waals surface area contributed by atoms with Gasteiger partial charge >= 0.3 is 7.12 Å². The van der Waals surface area contributed by atoms with Gasteiger partial charge in [0.25, 0.3) is 5.91 Å². The van der Waals surface area contributed by atoms with E-state index in [9.17, 15) is 9.90 Å². The molecule has 2 aliphatic rings. The highest BCUT2D eigenvalue weighted by atomic mass is 16.7. The molecule has 0 atom stereocenters. The van der Waals surface area contributed by atoms with Crippen LogP contribution in [0.25, 0.3) is 0 Å². The van der Waals surface area contributed by atoms with Crippen LogP contribution in [0.5, 0.6) is 11.5 Å². The zero-order valence-corrected chi connectivity index (χ0v) is 20.0. The first-order valence-electron chi connectivity index (χ1n) is 11.9. The lowest BCUT2D eigenvalue weighted by Crippen LogP contribution is -2.41. The predicted molar refractivity (Wildman–Crippen MR) is 130 cm³/mol. The Morgan fingerprint density at radius 3 is 2.30 bits per heavy atom. The molecule has 2 N–H and O–H groups in total. The molecule has 1 aliphatic heterocycles. The largest absolute Gasteiger partial charge is 0.506 e. The van der Waals surface area contributed by atoms with E-state index in [0.29, 0.717) is 17.4 Å². The average Bonchev–Trinajstić information content (AvgIpc) is 3.01. The maximum Gasteiger partial charge on any atom is 0.494 e. The summed E-state index contributed by atoms with van der Waals surface area (Å²) in [4.78, 5) is 12.5. The number of nitrogens with one attached hydrogen (secondary N) is 1. The molecule has 4 rings (SSSR count). The highest BCUT2D eigenvalue weighted by Crippen LogP contribution is 2.37. The lowest BCUT2D eigenvalue weighted by atomic mass is 9.79. The van der Waals surface area contributed by atoms with Gasteiger partial charge in [0.1, 0.15) is 11.5 Å². The van der Waals surface area contributed by atoms with E-state index in [4.69, 9.17) is 14.0 Å². The summed E-state index contributed by atoms with van der Waals surface area (Å²) >= 11 is 0. The first kappa shape index (κ1) is 23.6. The molecule has 0 bridgehead atoms. The van der Waals surface area contributed by atoms with Crippen LogP contribution in [-0.4, -0.2) is 35.9 Å². The quantitative estimate of drug-likeness (QED) is 0.490. The lowest BCUT2D eigenvalue weighted by Gasteiger charge is -2.32. The number of carbonyl (C=O) groups excluding carboxylic acids is 1. The maximum atomic E-state index is 12.5. The maximum absolute atomic E-state index is 12.5. The molecule has 2 aromatic rings. The number of rotatable bonds is 6. The standard InChI is InChI=1S/C26H34BNO5/c1-25(2)26(3,4)33-27(32-25)20-12-15-23(29)22(16-20)28-24(30)17-31-21-13-10-19(11-14-21)18-8-6-5-7-9-18/h10-16,18,29H,5-9,17H2,1-4H3,(H,28,30). The number of anilines is 1. The van der Waals surface area contributed by atoms with Gasteiger partial charge in [-0.1, -0.05) is 37.5 Å². The third-order valence-corrected chi connectivity index (χ3v) is 7.15. The molecule has 1 aliphatic carbocycles. The second-order valence-corrected chi connectivity index (χ2v) is 10.1. The molecule has 0 radical (unpaired) electrons. The summed E-state index contributed by atoms with van der Waals surface area (Å²) in [6.45, 7) is 7.78. The van der Waals surface area contributed by atoms with Crippen LogP contribution in [-0.2, 0) is 14.1 Å². The number of carbonyl (C=O) groups is 1. The van der Waals surface area contributed by atoms with Gasteiger partial charge in [-0.3, -0.25) is 4.79 Å². The summed E-state index contributed by atoms with van der Waals surface area (Å²) < 4.78 is 17.8. The zero-order valence-electron chi connectivity index (χ0n) is 20.0. The van der Waals surface area contributed by atoms with E-state index in [0.717, 1.165) is 5.46 Å². The number of hydrogen-bond donors (Lipinski definition) is 2. The molecular formula is C26H34BNO5. The Bertz CT molecular complexity index is 967. The minimum absolute atomic E-state index is 0.0274. The van der Waals surface area contributed by atoms with Crippen LogP contribution in [0.2, 0.25) is 0 Å². The van der Waals surface area contributed by atoms with E-state index < -0.39 is 18.3 Å². The summed E-state index contributed by atoms with van der Waals surface area (Å²) in [5.74, 6) is 0.906. The van der Waals surface area contributed by atoms with Crippen LogP contribution in [0.3, 0.4) is 0 Å². The number of phenolic OH excluding ortho intramolecular Hbond substituents is 1. The van der Waals surface area contributed by atoms with E-state index in [2.05, 4.69) is 17.4 Å². The van der Waals surface area contributed by atoms with Gasteiger partial charge in [-0.25, -0.2) is 0 Å². The van der Waals surface area contributed by atoms with Gasteiger partial charge in [-0.15, -0.1) is 0 Å². The second-order valence-electron chi connectivity index (χ2n) is 10.1. The molecule has 176 valence electrons. The highest BCUT2D eigenvalue weighted by Gasteiger charge is 2.51. The van der Waals surface area contributed by atoms with Crippen LogP contribution in [0, 0.1) is 0 Å². The van der Waals surface area contributed by atoms with E-state index >= 15 is 0 Å². The summed E-state index contributed by atoms with van der Waals surface area (Å²) in [5, 5.41) is 13.0. The van der Waals surface area contributed by atoms with E-state index in [1.165, 1.54) is 43.7 Å². The van der Waals surface area contributed by atoms with Crippen LogP contribution in [0.1, 0.15) is 71.3 Å². The SMILES string of the molecule is CC1(C)OB(c2ccc(O)c(NC(=O)COc3ccc(C4CCCCC4)cc3)c2)OC1(C)C. The molecule has 1 heterocycles. The van der Waals surface area contributed by atoms with Crippen LogP contribution < -0.4 is 15.5 Å². The summed E-state index contributed by atoms with van der Waals surface area (Å²) in [5.41, 5.74) is 1.42. The average molecular weight is 451 g/mol. The zero-order chi connectivity index (χ0) is 23.6. The predicted octanol–water partition coefficient (Wildman–Crippen LogP) is 4.76. The van der Waals surface area contributed by atoms with Gasteiger partial charge in [0, 0.05) is 0 Å². The molecule has 1 saturated carbocycles. The molecule has 0 spiro atoms. The number of phenols is 1. The van der Waals surface area contributed by atoms with Crippen molar-refractivity contribution in [2.75, 3.05) is 11.9 Å². The Morgan fingerprint density at radius 2 is 1.67 bits per heavy atom. The van der Waals surface area contributed by atoms with Crippen LogP contribution >= 0.6 is 0 Å². The third kappa shape index (κ3) is 5.36. The topological polar surface area (TPSA) is 77.0 Å². The lowest BCUT2D eigenvalue weighted by molar-refractivity contribution is -0.118. The van der Waals surface area contributed by atoms with E-state index in [-0.39, 0.29) is 18.3 Å². The fraction of sp³-hybridized carbons (Fsp3) is 0.500. The van der Waals surface area contributed by atoms with Crippen molar-refractivity contribution in [2.45, 2.75) is 76.9 Å². The summed E-state index contributed by atoms with van der Waals surface area (Å²) in [7, 11) is -0.579. The van der Waals surface area contributed by atoms with E-state index in [1.807, 2.05) is 39.8 Å². The van der Waals surface area contributed by atoms with Gasteiger partial charge in [0.2, 0.25) is 0 Å². The normalized spacial score (nSPS) is 19.9. The number of aromatic hydroxyl groups is 1. The Hall–Kier alpha value is -2.51. The van der Waals surface area contributed by atoms with Gasteiger partial charge < -0.3 is 24.5 Å². The molecule has 33 heavy (non-hydrogen) atoms. The Balaban J connectivity index is 1.34. The number of ether oxygens (including phenoxy) is 1. The molecule has 1 amide bonds. The second kappa shape index (κ2) is 9.39. The fourth-order valence-corrected chi connectivity index (χ4v) is 4.39. The highest BCUT2D eigenvalue weighted by molar-refractivity contribution is 6.62. The third-order valence-electron chi connectivity index (χ3n) is 7.15. The first-order valence-corrected chi connectivity index (χ1v) is 11.9. The smallest absolute Gasteiger partial charge is 0.494 e. The Labute approximate surface area is 196 Å². The number of amides is 1. The molecule has 1 saturated heterocycles. The van der Waals surface area contributed by atoms with Gasteiger partial charge in [-0.05, 0) is 81.7 Å². The minimum atomic E-state index is -0.579. The molecule has 2 aromatic carbocycles. The molecular weight excluding hydrogens is 417 g/mol.